The number of carboxylic acids is 2. The molecule has 0 aromatic heterocycles. The molecule has 120 valence electrons. The third kappa shape index (κ3) is 3.63. The first-order chi connectivity index (χ1) is 10.9. The summed E-state index contributed by atoms with van der Waals surface area (Å²) in [6.07, 6.45) is 8.96. The van der Waals surface area contributed by atoms with Crippen molar-refractivity contribution >= 4 is 23.9 Å². The Morgan fingerprint density at radius 2 is 1.22 bits per heavy atom. The Bertz CT molecular complexity index is 621. The number of carboxylic acid groups (broad SMARTS) is 2. The number of hydrogen-bond donors (Lipinski definition) is 2. The Hall–Kier alpha value is -2.96. The zero-order valence-corrected chi connectivity index (χ0v) is 12.0. The van der Waals surface area contributed by atoms with Crippen LogP contribution in [0.2, 0.25) is 0 Å². The fraction of sp³-hybridized carbons (Fsp3) is 0.250. The Balaban J connectivity index is 2.10. The first-order valence-corrected chi connectivity index (χ1v) is 6.87. The fourth-order valence-electron chi connectivity index (χ4n) is 2.39. The lowest BCUT2D eigenvalue weighted by Gasteiger charge is -2.20. The van der Waals surface area contributed by atoms with E-state index in [9.17, 15) is 19.2 Å². The fourth-order valence-corrected chi connectivity index (χ4v) is 2.39. The molecule has 7 nitrogen and oxygen atoms in total. The monoisotopic (exact) mass is 318 g/mol. The van der Waals surface area contributed by atoms with Gasteiger partial charge in [-0.1, -0.05) is 36.5 Å². The van der Waals surface area contributed by atoms with E-state index in [1.54, 1.807) is 12.2 Å². The van der Waals surface area contributed by atoms with Crippen molar-refractivity contribution in [2.75, 3.05) is 0 Å². The average molecular weight is 318 g/mol. The van der Waals surface area contributed by atoms with Crippen molar-refractivity contribution in [3.63, 3.8) is 0 Å². The molecule has 2 rings (SSSR count). The van der Waals surface area contributed by atoms with Crippen molar-refractivity contribution in [2.45, 2.75) is 12.8 Å². The number of allylic oxidation sites excluding steroid dienone is 6. The highest BCUT2D eigenvalue weighted by Crippen LogP contribution is 2.26. The van der Waals surface area contributed by atoms with Gasteiger partial charge in [0.15, 0.2) is 0 Å². The van der Waals surface area contributed by atoms with Gasteiger partial charge in [-0.05, 0) is 12.8 Å². The molecule has 0 amide bonds. The van der Waals surface area contributed by atoms with Gasteiger partial charge in [0.05, 0.1) is 23.0 Å². The lowest BCUT2D eigenvalue weighted by molar-refractivity contribution is -0.165. The minimum atomic E-state index is -1.27. The number of hydrogen-bond acceptors (Lipinski definition) is 5. The number of aliphatic carboxylic acids is 2. The molecule has 23 heavy (non-hydrogen) atoms. The summed E-state index contributed by atoms with van der Waals surface area (Å²) in [6, 6.07) is 0. The number of rotatable bonds is 4. The Labute approximate surface area is 131 Å². The molecule has 0 radical (unpaired) electrons. The third-order valence-corrected chi connectivity index (χ3v) is 3.58. The van der Waals surface area contributed by atoms with E-state index in [4.69, 9.17) is 14.9 Å². The van der Waals surface area contributed by atoms with Crippen molar-refractivity contribution in [1.29, 1.82) is 0 Å². The van der Waals surface area contributed by atoms with Crippen LogP contribution in [0.25, 0.3) is 0 Å². The minimum Gasteiger partial charge on any atom is -0.478 e. The van der Waals surface area contributed by atoms with Crippen LogP contribution in [0.4, 0.5) is 0 Å². The summed E-state index contributed by atoms with van der Waals surface area (Å²) in [5, 5.41) is 18.1. The number of carbonyl (C=O) groups excluding carboxylic acids is 2. The molecule has 2 aliphatic rings. The molecular formula is C16H14O7. The van der Waals surface area contributed by atoms with Crippen LogP contribution in [0.3, 0.4) is 0 Å². The molecule has 2 N–H and O–H groups in total. The summed E-state index contributed by atoms with van der Waals surface area (Å²) in [4.78, 5) is 46.4. The van der Waals surface area contributed by atoms with Gasteiger partial charge in [0.25, 0.3) is 0 Å². The van der Waals surface area contributed by atoms with E-state index in [-0.39, 0.29) is 24.0 Å². The molecule has 2 atom stereocenters. The zero-order valence-electron chi connectivity index (χ0n) is 12.0. The predicted octanol–water partition coefficient (Wildman–Crippen LogP) is 1.23. The molecule has 2 unspecified atom stereocenters. The van der Waals surface area contributed by atoms with Crippen LogP contribution in [0.5, 0.6) is 0 Å². The van der Waals surface area contributed by atoms with E-state index < -0.39 is 35.7 Å². The second-order valence-electron chi connectivity index (χ2n) is 5.03. The van der Waals surface area contributed by atoms with E-state index in [0.717, 1.165) is 0 Å². The molecule has 0 saturated carbocycles. The van der Waals surface area contributed by atoms with Crippen LogP contribution in [-0.2, 0) is 23.9 Å². The third-order valence-electron chi connectivity index (χ3n) is 3.58. The first-order valence-electron chi connectivity index (χ1n) is 6.87. The second kappa shape index (κ2) is 6.87. The standard InChI is InChI=1S/C16H14O7/c17-13(18)9-5-1-3-7-11(9)15(21)23-16(22)12-8-4-2-6-10(12)14(19)20/h1-6,11-12H,7-8H2,(H,17,18)(H,19,20). The highest BCUT2D eigenvalue weighted by Gasteiger charge is 2.35. The summed E-state index contributed by atoms with van der Waals surface area (Å²) >= 11 is 0. The second-order valence-corrected chi connectivity index (χ2v) is 5.03. The van der Waals surface area contributed by atoms with Crippen molar-refractivity contribution in [1.82, 2.24) is 0 Å². The lowest BCUT2D eigenvalue weighted by Crippen LogP contribution is -2.31. The first kappa shape index (κ1) is 16.4. The predicted molar refractivity (Wildman–Crippen MR) is 77.0 cm³/mol. The van der Waals surface area contributed by atoms with E-state index in [0.29, 0.717) is 0 Å². The molecule has 0 aromatic rings. The van der Waals surface area contributed by atoms with E-state index in [2.05, 4.69) is 0 Å². The van der Waals surface area contributed by atoms with E-state index in [1.807, 2.05) is 0 Å². The number of ether oxygens (including phenoxy) is 1. The van der Waals surface area contributed by atoms with Gasteiger partial charge in [-0.25, -0.2) is 9.59 Å². The Morgan fingerprint density at radius 1 is 0.826 bits per heavy atom. The summed E-state index contributed by atoms with van der Waals surface area (Å²) < 4.78 is 4.74. The van der Waals surface area contributed by atoms with Gasteiger partial charge in [0, 0.05) is 0 Å². The molecule has 0 spiro atoms. The molecule has 0 aromatic carbocycles. The van der Waals surface area contributed by atoms with Gasteiger partial charge in [0.1, 0.15) is 0 Å². The van der Waals surface area contributed by atoms with Gasteiger partial charge < -0.3 is 14.9 Å². The Kier molecular flexibility index (Phi) is 4.90. The SMILES string of the molecule is O=C(O)C1=CC=CCC1C(=O)OC(=O)C1CC=CC=C1C(=O)O. The maximum Gasteiger partial charge on any atom is 0.332 e. The van der Waals surface area contributed by atoms with Gasteiger partial charge in [-0.2, -0.15) is 0 Å². The largest absolute Gasteiger partial charge is 0.478 e. The summed E-state index contributed by atoms with van der Waals surface area (Å²) in [6.45, 7) is 0. The molecule has 0 fully saturated rings. The Morgan fingerprint density at radius 3 is 1.57 bits per heavy atom. The highest BCUT2D eigenvalue weighted by atomic mass is 16.6. The van der Waals surface area contributed by atoms with Gasteiger partial charge in [0.2, 0.25) is 0 Å². The normalized spacial score (nSPS) is 22.8. The van der Waals surface area contributed by atoms with E-state index >= 15 is 0 Å². The molecule has 2 aliphatic carbocycles. The van der Waals surface area contributed by atoms with Crippen molar-refractivity contribution in [3.8, 4) is 0 Å². The van der Waals surface area contributed by atoms with Crippen molar-refractivity contribution in [2.24, 2.45) is 11.8 Å². The smallest absolute Gasteiger partial charge is 0.332 e. The minimum absolute atomic E-state index is 0.108. The maximum atomic E-state index is 12.1. The van der Waals surface area contributed by atoms with Crippen molar-refractivity contribution in [3.05, 3.63) is 47.6 Å². The molecule has 0 bridgehead atoms. The summed E-state index contributed by atoms with van der Waals surface area (Å²) in [5.41, 5.74) is -0.328. The molecule has 7 heteroatoms. The summed E-state index contributed by atoms with van der Waals surface area (Å²) in [5.74, 6) is -6.69. The lowest BCUT2D eigenvalue weighted by atomic mass is 9.90. The van der Waals surface area contributed by atoms with Gasteiger partial charge in [-0.3, -0.25) is 9.59 Å². The number of carbonyl (C=O) groups is 4. The van der Waals surface area contributed by atoms with Gasteiger partial charge >= 0.3 is 23.9 Å². The van der Waals surface area contributed by atoms with Crippen molar-refractivity contribution < 1.29 is 34.1 Å². The zero-order chi connectivity index (χ0) is 17.0. The van der Waals surface area contributed by atoms with Gasteiger partial charge in [-0.15, -0.1) is 0 Å². The molecular weight excluding hydrogens is 304 g/mol. The molecule has 0 aliphatic heterocycles. The topological polar surface area (TPSA) is 118 Å². The highest BCUT2D eigenvalue weighted by molar-refractivity contribution is 6.01. The quantitative estimate of drug-likeness (QED) is 0.591. The van der Waals surface area contributed by atoms with Crippen LogP contribution in [0, 0.1) is 11.8 Å². The van der Waals surface area contributed by atoms with Crippen LogP contribution >= 0.6 is 0 Å². The van der Waals surface area contributed by atoms with Crippen LogP contribution in [0.15, 0.2) is 47.6 Å². The number of esters is 2. The average Bonchev–Trinajstić information content (AvgIpc) is 2.54. The van der Waals surface area contributed by atoms with Crippen LogP contribution in [0.1, 0.15) is 12.8 Å². The van der Waals surface area contributed by atoms with E-state index in [1.165, 1.54) is 24.3 Å². The summed E-state index contributed by atoms with van der Waals surface area (Å²) in [7, 11) is 0. The van der Waals surface area contributed by atoms with Crippen LogP contribution in [-0.4, -0.2) is 34.1 Å². The maximum absolute atomic E-state index is 12.1. The van der Waals surface area contributed by atoms with Crippen LogP contribution < -0.4 is 0 Å². The molecule has 0 saturated heterocycles. The molecule has 0 heterocycles.